The molecule has 0 atom stereocenters. The van der Waals surface area contributed by atoms with Crippen LogP contribution in [0.1, 0.15) is 11.3 Å². The van der Waals surface area contributed by atoms with Crippen molar-refractivity contribution in [3.63, 3.8) is 0 Å². The summed E-state index contributed by atoms with van der Waals surface area (Å²) in [5, 5.41) is 10.4. The quantitative estimate of drug-likeness (QED) is 0.658. The normalized spacial score (nSPS) is 10.1. The molecule has 0 radical (unpaired) electrons. The van der Waals surface area contributed by atoms with Gasteiger partial charge in [0.2, 0.25) is 0 Å². The number of rotatable bonds is 0. The van der Waals surface area contributed by atoms with E-state index in [9.17, 15) is 0 Å². The maximum atomic E-state index is 8.88. The Morgan fingerprint density at radius 1 is 1.43 bits per heavy atom. The van der Waals surface area contributed by atoms with E-state index in [1.807, 2.05) is 19.1 Å². The number of para-hydroxylation sites is 1. The van der Waals surface area contributed by atoms with E-state index in [0.717, 1.165) is 11.1 Å². The van der Waals surface area contributed by atoms with Crippen molar-refractivity contribution < 1.29 is 0 Å². The molecule has 0 aliphatic carbocycles. The van der Waals surface area contributed by atoms with Crippen molar-refractivity contribution in [3.05, 3.63) is 40.5 Å². The topological polar surface area (TPSA) is 36.7 Å². The smallest absolute Gasteiger partial charge is 0.101 e. The monoisotopic (exact) mass is 202 g/mol. The van der Waals surface area contributed by atoms with Crippen LogP contribution in [0.4, 0.5) is 0 Å². The van der Waals surface area contributed by atoms with Gasteiger partial charge in [-0.05, 0) is 19.1 Å². The van der Waals surface area contributed by atoms with Crippen LogP contribution in [0.5, 0.6) is 0 Å². The molecule has 0 N–H and O–H groups in total. The van der Waals surface area contributed by atoms with E-state index in [0.29, 0.717) is 16.1 Å². The van der Waals surface area contributed by atoms with Crippen LogP contribution in [0.15, 0.2) is 24.3 Å². The maximum absolute atomic E-state index is 8.88. The minimum Gasteiger partial charge on any atom is -0.252 e. The molecule has 1 aromatic carbocycles. The van der Waals surface area contributed by atoms with Gasteiger partial charge in [-0.1, -0.05) is 23.7 Å². The molecule has 0 aliphatic rings. The number of fused-ring (bicyclic) bond motifs is 1. The molecule has 0 spiro atoms. The zero-order chi connectivity index (χ0) is 10.1. The molecule has 0 amide bonds. The number of hydrogen-bond donors (Lipinski definition) is 0. The van der Waals surface area contributed by atoms with E-state index in [1.165, 1.54) is 0 Å². The van der Waals surface area contributed by atoms with E-state index < -0.39 is 0 Å². The Morgan fingerprint density at radius 2 is 2.21 bits per heavy atom. The van der Waals surface area contributed by atoms with Gasteiger partial charge in [-0.15, -0.1) is 0 Å². The summed E-state index contributed by atoms with van der Waals surface area (Å²) < 4.78 is 0. The summed E-state index contributed by atoms with van der Waals surface area (Å²) in [4.78, 5) is 4.30. The molecule has 2 aromatic rings. The summed E-state index contributed by atoms with van der Waals surface area (Å²) in [5.41, 5.74) is 2.07. The zero-order valence-corrected chi connectivity index (χ0v) is 8.34. The molecule has 14 heavy (non-hydrogen) atoms. The first-order valence-corrected chi connectivity index (χ1v) is 4.56. The van der Waals surface area contributed by atoms with Crippen molar-refractivity contribution in [1.29, 1.82) is 5.26 Å². The number of nitriles is 1. The SMILES string of the molecule is Cc1cc(Cl)c2cccc(C#N)c2n1. The van der Waals surface area contributed by atoms with Gasteiger partial charge in [0.25, 0.3) is 0 Å². The predicted octanol–water partition coefficient (Wildman–Crippen LogP) is 3.07. The van der Waals surface area contributed by atoms with Gasteiger partial charge in [0.15, 0.2) is 0 Å². The third kappa shape index (κ3) is 1.32. The standard InChI is InChI=1S/C11H7ClN2/c1-7-5-10(12)9-4-2-3-8(6-13)11(9)14-7/h2-5H,1H3. The van der Waals surface area contributed by atoms with E-state index in [2.05, 4.69) is 11.1 Å². The molecule has 2 nitrogen and oxygen atoms in total. The van der Waals surface area contributed by atoms with Gasteiger partial charge in [0, 0.05) is 11.1 Å². The zero-order valence-electron chi connectivity index (χ0n) is 7.58. The lowest BCUT2D eigenvalue weighted by atomic mass is 10.1. The molecular formula is C11H7ClN2. The molecule has 3 heteroatoms. The summed E-state index contributed by atoms with van der Waals surface area (Å²) in [6.45, 7) is 1.86. The van der Waals surface area contributed by atoms with Gasteiger partial charge in [-0.25, -0.2) is 0 Å². The van der Waals surface area contributed by atoms with Crippen molar-refractivity contribution >= 4 is 22.5 Å². The Hall–Kier alpha value is -1.59. The Morgan fingerprint density at radius 3 is 2.93 bits per heavy atom. The lowest BCUT2D eigenvalue weighted by Crippen LogP contribution is -1.88. The summed E-state index contributed by atoms with van der Waals surface area (Å²) in [6.07, 6.45) is 0. The molecule has 2 rings (SSSR count). The Kier molecular flexibility index (Phi) is 2.11. The van der Waals surface area contributed by atoms with Crippen LogP contribution in [-0.4, -0.2) is 4.98 Å². The first kappa shape index (κ1) is 8.98. The van der Waals surface area contributed by atoms with Gasteiger partial charge in [-0.2, -0.15) is 5.26 Å². The molecule has 0 aliphatic heterocycles. The first-order valence-electron chi connectivity index (χ1n) is 4.18. The fourth-order valence-corrected chi connectivity index (χ4v) is 1.73. The number of pyridine rings is 1. The number of aromatic nitrogens is 1. The van der Waals surface area contributed by atoms with Crippen LogP contribution in [0.3, 0.4) is 0 Å². The number of nitrogens with zero attached hydrogens (tertiary/aromatic N) is 2. The Labute approximate surface area is 86.8 Å². The van der Waals surface area contributed by atoms with Gasteiger partial charge in [0.05, 0.1) is 16.1 Å². The number of benzene rings is 1. The molecule has 0 fully saturated rings. The van der Waals surface area contributed by atoms with Crippen LogP contribution in [0, 0.1) is 18.3 Å². The van der Waals surface area contributed by atoms with Crippen LogP contribution >= 0.6 is 11.6 Å². The van der Waals surface area contributed by atoms with Crippen molar-refractivity contribution in [3.8, 4) is 6.07 Å². The number of aryl methyl sites for hydroxylation is 1. The highest BCUT2D eigenvalue weighted by atomic mass is 35.5. The van der Waals surface area contributed by atoms with Crippen molar-refractivity contribution in [2.75, 3.05) is 0 Å². The Bertz CT molecular complexity index is 541. The van der Waals surface area contributed by atoms with E-state index in [4.69, 9.17) is 16.9 Å². The van der Waals surface area contributed by atoms with Crippen molar-refractivity contribution in [2.24, 2.45) is 0 Å². The number of hydrogen-bond acceptors (Lipinski definition) is 2. The molecule has 68 valence electrons. The van der Waals surface area contributed by atoms with Crippen LogP contribution < -0.4 is 0 Å². The second kappa shape index (κ2) is 3.28. The number of halogens is 1. The lowest BCUT2D eigenvalue weighted by Gasteiger charge is -2.02. The van der Waals surface area contributed by atoms with Crippen LogP contribution in [0.25, 0.3) is 10.9 Å². The van der Waals surface area contributed by atoms with Crippen molar-refractivity contribution in [2.45, 2.75) is 6.92 Å². The van der Waals surface area contributed by atoms with E-state index in [1.54, 1.807) is 12.1 Å². The highest BCUT2D eigenvalue weighted by Gasteiger charge is 2.05. The minimum absolute atomic E-state index is 0.563. The molecule has 0 bridgehead atoms. The molecule has 1 aromatic heterocycles. The van der Waals surface area contributed by atoms with Gasteiger partial charge in [-0.3, -0.25) is 4.98 Å². The third-order valence-electron chi connectivity index (χ3n) is 2.04. The first-order chi connectivity index (χ1) is 6.72. The second-order valence-corrected chi connectivity index (χ2v) is 3.47. The van der Waals surface area contributed by atoms with Crippen LogP contribution in [-0.2, 0) is 0 Å². The minimum atomic E-state index is 0.563. The Balaban J connectivity index is 2.95. The van der Waals surface area contributed by atoms with E-state index in [-0.39, 0.29) is 0 Å². The van der Waals surface area contributed by atoms with Crippen molar-refractivity contribution in [1.82, 2.24) is 4.98 Å². The molecule has 0 saturated carbocycles. The fourth-order valence-electron chi connectivity index (χ4n) is 1.42. The predicted molar refractivity (Wildman–Crippen MR) is 56.2 cm³/mol. The average molecular weight is 203 g/mol. The van der Waals surface area contributed by atoms with E-state index >= 15 is 0 Å². The summed E-state index contributed by atoms with van der Waals surface area (Å²) in [7, 11) is 0. The van der Waals surface area contributed by atoms with Gasteiger partial charge >= 0.3 is 0 Å². The lowest BCUT2D eigenvalue weighted by molar-refractivity contribution is 1.25. The van der Waals surface area contributed by atoms with Gasteiger partial charge < -0.3 is 0 Å². The summed E-state index contributed by atoms with van der Waals surface area (Å²) >= 11 is 6.04. The third-order valence-corrected chi connectivity index (χ3v) is 2.35. The summed E-state index contributed by atoms with van der Waals surface area (Å²) in [5.74, 6) is 0. The maximum Gasteiger partial charge on any atom is 0.101 e. The fraction of sp³-hybridized carbons (Fsp3) is 0.0909. The molecular weight excluding hydrogens is 196 g/mol. The average Bonchev–Trinajstić information content (AvgIpc) is 2.17. The van der Waals surface area contributed by atoms with Gasteiger partial charge in [0.1, 0.15) is 6.07 Å². The second-order valence-electron chi connectivity index (χ2n) is 3.06. The summed E-state index contributed by atoms with van der Waals surface area (Å²) in [6, 6.07) is 9.32. The molecule has 0 unspecified atom stereocenters. The van der Waals surface area contributed by atoms with Crippen LogP contribution in [0.2, 0.25) is 5.02 Å². The highest BCUT2D eigenvalue weighted by Crippen LogP contribution is 2.24. The highest BCUT2D eigenvalue weighted by molar-refractivity contribution is 6.35. The largest absolute Gasteiger partial charge is 0.252 e. The molecule has 0 saturated heterocycles. The molecule has 1 heterocycles.